The lowest BCUT2D eigenvalue weighted by Gasteiger charge is -2.49. The zero-order chi connectivity index (χ0) is 22.3. The van der Waals surface area contributed by atoms with E-state index in [1.165, 1.54) is 18.4 Å². The van der Waals surface area contributed by atoms with E-state index in [0.717, 1.165) is 71.5 Å². The van der Waals surface area contributed by atoms with Crippen molar-refractivity contribution >= 4 is 29.1 Å². The zero-order valence-electron chi connectivity index (χ0n) is 18.9. The number of hydrogen-bond donors (Lipinski definition) is 1. The topological polar surface area (TPSA) is 52.8 Å². The molecular formula is C25H36Cl2N4O. The van der Waals surface area contributed by atoms with Gasteiger partial charge in [-0.05, 0) is 68.7 Å². The third kappa shape index (κ3) is 4.97. The minimum Gasteiger partial charge on any atom is -0.342 e. The molecule has 1 unspecified atom stereocenters. The second-order valence-corrected chi connectivity index (χ2v) is 11.5. The van der Waals surface area contributed by atoms with E-state index in [4.69, 9.17) is 28.9 Å². The molecule has 1 saturated carbocycles. The summed E-state index contributed by atoms with van der Waals surface area (Å²) >= 11 is 12.7. The largest absolute Gasteiger partial charge is 0.342 e. The first kappa shape index (κ1) is 22.9. The normalized spacial score (nSPS) is 28.8. The molecule has 2 N–H and O–H groups in total. The number of hydrogen-bond acceptors (Lipinski definition) is 4. The predicted octanol–water partition coefficient (Wildman–Crippen LogP) is 3.76. The maximum atomic E-state index is 12.7. The number of carbonyl (C=O) groups excluding carboxylic acids is 1. The molecule has 1 aromatic rings. The molecule has 3 heterocycles. The molecule has 176 valence electrons. The minimum absolute atomic E-state index is 0.0417. The monoisotopic (exact) mass is 478 g/mol. The van der Waals surface area contributed by atoms with Crippen LogP contribution in [0, 0.1) is 5.92 Å². The van der Waals surface area contributed by atoms with Crippen LogP contribution in [-0.2, 0) is 10.2 Å². The SMILES string of the molecule is NC1CCN(C2CN(CCC3(c4ccc(Cl)c(Cl)c4)CCC(=O)N(CC4CC4)C3)C2)CC1. The van der Waals surface area contributed by atoms with Crippen molar-refractivity contribution in [2.45, 2.75) is 62.4 Å². The van der Waals surface area contributed by atoms with Gasteiger partial charge in [-0.2, -0.15) is 0 Å². The van der Waals surface area contributed by atoms with Crippen LogP contribution in [0.3, 0.4) is 0 Å². The maximum absolute atomic E-state index is 12.7. The van der Waals surface area contributed by atoms with Gasteiger partial charge in [-0.1, -0.05) is 29.3 Å². The molecule has 0 spiro atoms. The summed E-state index contributed by atoms with van der Waals surface area (Å²) in [4.78, 5) is 20.1. The quantitative estimate of drug-likeness (QED) is 0.647. The number of nitrogens with zero attached hydrogens (tertiary/aromatic N) is 3. The van der Waals surface area contributed by atoms with E-state index < -0.39 is 0 Å². The number of halogens is 2. The Hall–Kier alpha value is -0.850. The fourth-order valence-electron chi connectivity index (χ4n) is 5.84. The molecule has 0 aromatic heterocycles. The van der Waals surface area contributed by atoms with Crippen molar-refractivity contribution in [3.8, 4) is 0 Å². The third-order valence-corrected chi connectivity index (χ3v) is 9.05. The lowest BCUT2D eigenvalue weighted by molar-refractivity contribution is -0.136. The van der Waals surface area contributed by atoms with Crippen molar-refractivity contribution < 1.29 is 4.79 Å². The van der Waals surface area contributed by atoms with Crippen LogP contribution in [0.2, 0.25) is 10.0 Å². The van der Waals surface area contributed by atoms with Gasteiger partial charge in [0.05, 0.1) is 10.0 Å². The highest BCUT2D eigenvalue weighted by molar-refractivity contribution is 6.42. The van der Waals surface area contributed by atoms with Crippen molar-refractivity contribution in [2.24, 2.45) is 11.7 Å². The minimum atomic E-state index is -0.0417. The maximum Gasteiger partial charge on any atom is 0.222 e. The van der Waals surface area contributed by atoms with E-state index in [1.807, 2.05) is 12.1 Å². The second kappa shape index (κ2) is 9.42. The summed E-state index contributed by atoms with van der Waals surface area (Å²) in [6.07, 6.45) is 7.36. The number of rotatable bonds is 7. The molecule has 1 aromatic carbocycles. The molecule has 4 fully saturated rings. The zero-order valence-corrected chi connectivity index (χ0v) is 20.5. The van der Waals surface area contributed by atoms with Gasteiger partial charge in [0.2, 0.25) is 5.91 Å². The summed E-state index contributed by atoms with van der Waals surface area (Å²) in [6.45, 7) is 7.38. The van der Waals surface area contributed by atoms with Gasteiger partial charge in [0.15, 0.2) is 0 Å². The van der Waals surface area contributed by atoms with E-state index in [1.54, 1.807) is 0 Å². The summed E-state index contributed by atoms with van der Waals surface area (Å²) in [6, 6.07) is 7.17. The highest BCUT2D eigenvalue weighted by Crippen LogP contribution is 2.42. The molecule has 5 rings (SSSR count). The van der Waals surface area contributed by atoms with Crippen LogP contribution < -0.4 is 5.73 Å². The number of amides is 1. The first-order valence-electron chi connectivity index (χ1n) is 12.4. The summed E-state index contributed by atoms with van der Waals surface area (Å²) < 4.78 is 0. The van der Waals surface area contributed by atoms with Crippen LogP contribution in [-0.4, -0.2) is 78.5 Å². The summed E-state index contributed by atoms with van der Waals surface area (Å²) in [5.41, 5.74) is 7.27. The Bertz CT molecular complexity index is 833. The van der Waals surface area contributed by atoms with Crippen molar-refractivity contribution in [2.75, 3.05) is 45.8 Å². The fourth-order valence-corrected chi connectivity index (χ4v) is 6.14. The van der Waals surface area contributed by atoms with Gasteiger partial charge < -0.3 is 15.5 Å². The molecule has 3 aliphatic heterocycles. The second-order valence-electron chi connectivity index (χ2n) is 10.7. The van der Waals surface area contributed by atoms with Crippen LogP contribution >= 0.6 is 23.2 Å². The Morgan fingerprint density at radius 2 is 1.81 bits per heavy atom. The average molecular weight is 479 g/mol. The number of likely N-dealkylation sites (tertiary alicyclic amines) is 3. The van der Waals surface area contributed by atoms with Crippen LogP contribution in [0.1, 0.15) is 50.5 Å². The van der Waals surface area contributed by atoms with E-state index in [-0.39, 0.29) is 5.41 Å². The summed E-state index contributed by atoms with van der Waals surface area (Å²) in [5, 5.41) is 1.21. The molecule has 1 aliphatic carbocycles. The smallest absolute Gasteiger partial charge is 0.222 e. The fraction of sp³-hybridized carbons (Fsp3) is 0.720. The Kier molecular flexibility index (Phi) is 6.75. The predicted molar refractivity (Wildman–Crippen MR) is 130 cm³/mol. The first-order chi connectivity index (χ1) is 15.4. The molecule has 32 heavy (non-hydrogen) atoms. The van der Waals surface area contributed by atoms with Gasteiger partial charge in [0.25, 0.3) is 0 Å². The van der Waals surface area contributed by atoms with Gasteiger partial charge in [-0.25, -0.2) is 0 Å². The molecule has 4 aliphatic rings. The van der Waals surface area contributed by atoms with Gasteiger partial charge in [0, 0.05) is 63.2 Å². The van der Waals surface area contributed by atoms with Gasteiger partial charge >= 0.3 is 0 Å². The van der Waals surface area contributed by atoms with E-state index in [9.17, 15) is 4.79 Å². The molecular weight excluding hydrogens is 443 g/mol. The van der Waals surface area contributed by atoms with Gasteiger partial charge in [-0.15, -0.1) is 0 Å². The van der Waals surface area contributed by atoms with Crippen molar-refractivity contribution in [3.63, 3.8) is 0 Å². The molecule has 7 heteroatoms. The summed E-state index contributed by atoms with van der Waals surface area (Å²) in [7, 11) is 0. The lowest BCUT2D eigenvalue weighted by Crippen LogP contribution is -2.62. The Morgan fingerprint density at radius 1 is 1.06 bits per heavy atom. The number of nitrogens with two attached hydrogens (primary N) is 1. The van der Waals surface area contributed by atoms with Crippen LogP contribution in [0.25, 0.3) is 0 Å². The summed E-state index contributed by atoms with van der Waals surface area (Å²) in [5.74, 6) is 1.03. The lowest BCUT2D eigenvalue weighted by atomic mass is 9.71. The number of benzene rings is 1. The van der Waals surface area contributed by atoms with E-state index in [2.05, 4.69) is 20.8 Å². The Morgan fingerprint density at radius 3 is 2.50 bits per heavy atom. The van der Waals surface area contributed by atoms with Gasteiger partial charge in [0.1, 0.15) is 0 Å². The van der Waals surface area contributed by atoms with Gasteiger partial charge in [-0.3, -0.25) is 9.69 Å². The highest BCUT2D eigenvalue weighted by atomic mass is 35.5. The number of carbonyl (C=O) groups is 1. The van der Waals surface area contributed by atoms with Crippen LogP contribution in [0.15, 0.2) is 18.2 Å². The number of piperidine rings is 2. The molecule has 3 saturated heterocycles. The Labute approximate surface area is 202 Å². The van der Waals surface area contributed by atoms with Crippen molar-refractivity contribution in [1.29, 1.82) is 0 Å². The van der Waals surface area contributed by atoms with E-state index >= 15 is 0 Å². The average Bonchev–Trinajstić information content (AvgIpc) is 3.56. The standard InChI is InChI=1S/C25H36Cl2N4O/c26-22-4-3-19(13-23(22)27)25(8-5-24(32)31(17-25)14-18-1-2-18)9-12-29-15-21(16-29)30-10-6-20(28)7-11-30/h3-4,13,18,20-21H,1-2,5-12,14-17,28H2. The molecule has 0 radical (unpaired) electrons. The van der Waals surface area contributed by atoms with Crippen molar-refractivity contribution in [3.05, 3.63) is 33.8 Å². The third-order valence-electron chi connectivity index (χ3n) is 8.31. The van der Waals surface area contributed by atoms with Crippen LogP contribution in [0.4, 0.5) is 0 Å². The van der Waals surface area contributed by atoms with E-state index in [0.29, 0.717) is 40.4 Å². The Balaban J connectivity index is 1.25. The van der Waals surface area contributed by atoms with Crippen LogP contribution in [0.5, 0.6) is 0 Å². The highest BCUT2D eigenvalue weighted by Gasteiger charge is 2.43. The molecule has 0 bridgehead atoms. The van der Waals surface area contributed by atoms with Crippen molar-refractivity contribution in [1.82, 2.24) is 14.7 Å². The molecule has 1 atom stereocenters. The first-order valence-corrected chi connectivity index (χ1v) is 13.1. The molecule has 5 nitrogen and oxygen atoms in total. The molecule has 1 amide bonds.